The Balaban J connectivity index is 1.35. The first-order chi connectivity index (χ1) is 14.6. The molecule has 4 heterocycles. The van der Waals surface area contributed by atoms with E-state index in [1.807, 2.05) is 34.6 Å². The maximum Gasteiger partial charge on any atom is 0.254 e. The molecule has 0 N–H and O–H groups in total. The molecule has 3 aromatic heterocycles. The van der Waals surface area contributed by atoms with Crippen molar-refractivity contribution >= 4 is 11.6 Å². The molecule has 154 valence electrons. The monoisotopic (exact) mass is 402 g/mol. The lowest BCUT2D eigenvalue weighted by atomic mass is 10.0. The highest BCUT2D eigenvalue weighted by Crippen LogP contribution is 2.24. The van der Waals surface area contributed by atoms with Gasteiger partial charge in [0.25, 0.3) is 5.78 Å². The van der Waals surface area contributed by atoms with E-state index < -0.39 is 0 Å². The van der Waals surface area contributed by atoms with E-state index in [4.69, 9.17) is 0 Å². The summed E-state index contributed by atoms with van der Waals surface area (Å²) in [5.74, 6) is 1.73. The van der Waals surface area contributed by atoms with Crippen LogP contribution in [0.25, 0.3) is 11.5 Å². The number of rotatable bonds is 4. The van der Waals surface area contributed by atoms with Crippen molar-refractivity contribution in [2.75, 3.05) is 31.1 Å². The van der Waals surface area contributed by atoms with Crippen LogP contribution in [0.5, 0.6) is 0 Å². The lowest BCUT2D eigenvalue weighted by Gasteiger charge is -2.36. The Bertz CT molecular complexity index is 1170. The average Bonchev–Trinajstić information content (AvgIpc) is 3.41. The van der Waals surface area contributed by atoms with Crippen LogP contribution in [0.2, 0.25) is 0 Å². The zero-order valence-electron chi connectivity index (χ0n) is 17.7. The number of piperazine rings is 1. The molecule has 1 aromatic carbocycles. The van der Waals surface area contributed by atoms with Crippen LogP contribution in [-0.4, -0.2) is 60.4 Å². The third kappa shape index (κ3) is 3.43. The molecule has 1 saturated heterocycles. The molecule has 0 aliphatic carbocycles. The van der Waals surface area contributed by atoms with Crippen LogP contribution in [0, 0.1) is 20.8 Å². The number of aromatic nitrogens is 6. The standard InChI is InChI=1S/C22H26N8/c1-16-11-17(2)19(20(12-16)29-6-4-5-24-29)14-27-7-9-28(10-8-27)21-13-18(3)26-22-23-15-25-30(21)22/h4-6,11-13,15H,7-10,14H2,1-3H3. The van der Waals surface area contributed by atoms with Crippen LogP contribution in [0.4, 0.5) is 5.82 Å². The van der Waals surface area contributed by atoms with Gasteiger partial charge in [-0.2, -0.15) is 19.7 Å². The van der Waals surface area contributed by atoms with E-state index in [0.717, 1.165) is 44.2 Å². The highest BCUT2D eigenvalue weighted by molar-refractivity contribution is 5.49. The van der Waals surface area contributed by atoms with Crippen molar-refractivity contribution in [2.45, 2.75) is 27.3 Å². The highest BCUT2D eigenvalue weighted by atomic mass is 15.4. The fourth-order valence-electron chi connectivity index (χ4n) is 4.29. The molecular formula is C22H26N8. The minimum Gasteiger partial charge on any atom is -0.354 e. The molecule has 0 amide bonds. The Morgan fingerprint density at radius 1 is 0.967 bits per heavy atom. The smallest absolute Gasteiger partial charge is 0.254 e. The summed E-state index contributed by atoms with van der Waals surface area (Å²) in [4.78, 5) is 13.6. The number of hydrogen-bond donors (Lipinski definition) is 0. The Morgan fingerprint density at radius 3 is 2.57 bits per heavy atom. The normalized spacial score (nSPS) is 15.2. The summed E-state index contributed by atoms with van der Waals surface area (Å²) in [5.41, 5.74) is 6.06. The van der Waals surface area contributed by atoms with Gasteiger partial charge in [0.15, 0.2) is 0 Å². The second-order valence-electron chi connectivity index (χ2n) is 8.02. The molecule has 5 rings (SSSR count). The Labute approximate surface area is 175 Å². The summed E-state index contributed by atoms with van der Waals surface area (Å²) >= 11 is 0. The van der Waals surface area contributed by atoms with E-state index in [9.17, 15) is 0 Å². The zero-order chi connectivity index (χ0) is 20.7. The van der Waals surface area contributed by atoms with Crippen molar-refractivity contribution in [2.24, 2.45) is 0 Å². The summed E-state index contributed by atoms with van der Waals surface area (Å²) in [5, 5.41) is 8.83. The van der Waals surface area contributed by atoms with Crippen LogP contribution in [0.15, 0.2) is 43.0 Å². The van der Waals surface area contributed by atoms with Gasteiger partial charge in [0.1, 0.15) is 12.1 Å². The SMILES string of the molecule is Cc1cc(C)c(CN2CCN(c3cc(C)nc4ncnn34)CC2)c(-n2cccn2)c1. The van der Waals surface area contributed by atoms with Gasteiger partial charge in [0.05, 0.1) is 5.69 Å². The summed E-state index contributed by atoms with van der Waals surface area (Å²) in [6, 6.07) is 8.56. The number of fused-ring (bicyclic) bond motifs is 1. The fourth-order valence-corrected chi connectivity index (χ4v) is 4.29. The number of anilines is 1. The first-order valence-electron chi connectivity index (χ1n) is 10.3. The molecule has 0 atom stereocenters. The van der Waals surface area contributed by atoms with Crippen molar-refractivity contribution in [3.63, 3.8) is 0 Å². The molecule has 1 aliphatic heterocycles. The molecule has 8 heteroatoms. The molecule has 1 aliphatic rings. The summed E-state index contributed by atoms with van der Waals surface area (Å²) in [6.45, 7) is 11.1. The topological polar surface area (TPSA) is 67.4 Å². The average molecular weight is 403 g/mol. The minimum absolute atomic E-state index is 0.659. The van der Waals surface area contributed by atoms with Crippen molar-refractivity contribution < 1.29 is 0 Å². The van der Waals surface area contributed by atoms with Crippen LogP contribution in [0.1, 0.15) is 22.4 Å². The number of aryl methyl sites for hydroxylation is 3. The lowest BCUT2D eigenvalue weighted by Crippen LogP contribution is -2.46. The summed E-state index contributed by atoms with van der Waals surface area (Å²) in [7, 11) is 0. The van der Waals surface area contributed by atoms with Crippen LogP contribution in [0.3, 0.4) is 0 Å². The van der Waals surface area contributed by atoms with Gasteiger partial charge in [0.2, 0.25) is 0 Å². The molecule has 8 nitrogen and oxygen atoms in total. The lowest BCUT2D eigenvalue weighted by molar-refractivity contribution is 0.248. The quantitative estimate of drug-likeness (QED) is 0.523. The molecule has 1 fully saturated rings. The van der Waals surface area contributed by atoms with Crippen LogP contribution < -0.4 is 4.90 Å². The van der Waals surface area contributed by atoms with Gasteiger partial charge >= 0.3 is 0 Å². The molecule has 0 spiro atoms. The highest BCUT2D eigenvalue weighted by Gasteiger charge is 2.22. The van der Waals surface area contributed by atoms with Crippen molar-refractivity contribution in [3.8, 4) is 5.69 Å². The van der Waals surface area contributed by atoms with Crippen molar-refractivity contribution in [3.05, 3.63) is 65.4 Å². The molecular weight excluding hydrogens is 376 g/mol. The number of hydrogen-bond acceptors (Lipinski definition) is 6. The Kier molecular flexibility index (Phi) is 4.71. The van der Waals surface area contributed by atoms with E-state index in [2.05, 4.69) is 62.0 Å². The van der Waals surface area contributed by atoms with E-state index >= 15 is 0 Å². The maximum atomic E-state index is 4.47. The Morgan fingerprint density at radius 2 is 1.80 bits per heavy atom. The van der Waals surface area contributed by atoms with Gasteiger partial charge in [-0.1, -0.05) is 6.07 Å². The van der Waals surface area contributed by atoms with Crippen molar-refractivity contribution in [1.82, 2.24) is 34.3 Å². The van der Waals surface area contributed by atoms with E-state index in [-0.39, 0.29) is 0 Å². The molecule has 0 radical (unpaired) electrons. The van der Waals surface area contributed by atoms with Gasteiger partial charge in [-0.15, -0.1) is 0 Å². The largest absolute Gasteiger partial charge is 0.354 e. The van der Waals surface area contributed by atoms with Gasteiger partial charge in [-0.3, -0.25) is 4.90 Å². The van der Waals surface area contributed by atoms with Gasteiger partial charge < -0.3 is 4.90 Å². The van der Waals surface area contributed by atoms with E-state index in [0.29, 0.717) is 5.78 Å². The first-order valence-corrected chi connectivity index (χ1v) is 10.3. The van der Waals surface area contributed by atoms with Gasteiger partial charge in [-0.25, -0.2) is 9.67 Å². The summed E-state index contributed by atoms with van der Waals surface area (Å²) < 4.78 is 3.81. The van der Waals surface area contributed by atoms with E-state index in [1.165, 1.54) is 22.4 Å². The zero-order valence-corrected chi connectivity index (χ0v) is 17.7. The fraction of sp³-hybridized carbons (Fsp3) is 0.364. The molecule has 0 saturated carbocycles. The predicted octanol–water partition coefficient (Wildman–Crippen LogP) is 2.56. The molecule has 0 bridgehead atoms. The van der Waals surface area contributed by atoms with E-state index in [1.54, 1.807) is 6.33 Å². The van der Waals surface area contributed by atoms with Crippen molar-refractivity contribution in [1.29, 1.82) is 0 Å². The minimum atomic E-state index is 0.659. The number of nitrogens with zero attached hydrogens (tertiary/aromatic N) is 8. The van der Waals surface area contributed by atoms with Gasteiger partial charge in [-0.05, 0) is 49.6 Å². The van der Waals surface area contributed by atoms with Gasteiger partial charge in [0, 0.05) is 56.9 Å². The third-order valence-electron chi connectivity index (χ3n) is 5.78. The molecule has 0 unspecified atom stereocenters. The first kappa shape index (κ1) is 18.7. The molecule has 30 heavy (non-hydrogen) atoms. The second-order valence-corrected chi connectivity index (χ2v) is 8.02. The third-order valence-corrected chi connectivity index (χ3v) is 5.78. The van der Waals surface area contributed by atoms with Crippen LogP contribution >= 0.6 is 0 Å². The summed E-state index contributed by atoms with van der Waals surface area (Å²) in [6.07, 6.45) is 5.42. The predicted molar refractivity (Wildman–Crippen MR) is 116 cm³/mol. The second kappa shape index (κ2) is 7.53. The number of benzene rings is 1. The Hall–Kier alpha value is -3.26. The van der Waals surface area contributed by atoms with Crippen LogP contribution in [-0.2, 0) is 6.54 Å². The maximum absolute atomic E-state index is 4.47. The molecule has 4 aromatic rings.